The average Bonchev–Trinajstić information content (AvgIpc) is 2.36. The number of urea groups is 1. The second kappa shape index (κ2) is 11.1. The first-order valence-corrected chi connectivity index (χ1v) is 7.02. The van der Waals surface area contributed by atoms with E-state index in [1.807, 2.05) is 0 Å². The smallest absolute Gasteiger partial charge is 0.326 e. The maximum atomic E-state index is 11.4. The molecule has 0 unspecified atom stereocenters. The first-order valence-electron chi connectivity index (χ1n) is 7.02. The lowest BCUT2D eigenvalue weighted by atomic mass is 10.1. The van der Waals surface area contributed by atoms with E-state index in [1.165, 1.54) is 19.3 Å². The summed E-state index contributed by atoms with van der Waals surface area (Å²) in [5.74, 6) is -2.05. The number of primary amides is 1. The fourth-order valence-corrected chi connectivity index (χ4v) is 1.72. The third-order valence-electron chi connectivity index (χ3n) is 2.82. The molecule has 0 radical (unpaired) electrons. The van der Waals surface area contributed by atoms with Gasteiger partial charge in [-0.05, 0) is 6.42 Å². The molecule has 116 valence electrons. The minimum atomic E-state index is -1.28. The number of nitrogens with two attached hydrogens (primary N) is 1. The van der Waals surface area contributed by atoms with E-state index in [9.17, 15) is 14.4 Å². The first kappa shape index (κ1) is 18.2. The molecule has 0 aromatic rings. The van der Waals surface area contributed by atoms with Crippen molar-refractivity contribution >= 4 is 17.9 Å². The highest BCUT2D eigenvalue weighted by Gasteiger charge is 2.21. The summed E-state index contributed by atoms with van der Waals surface area (Å²) < 4.78 is 0. The van der Waals surface area contributed by atoms with E-state index < -0.39 is 30.4 Å². The summed E-state index contributed by atoms with van der Waals surface area (Å²) in [7, 11) is 0. The first-order chi connectivity index (χ1) is 9.47. The van der Waals surface area contributed by atoms with Crippen LogP contribution in [0, 0.1) is 0 Å². The number of hydrogen-bond acceptors (Lipinski definition) is 3. The average molecular weight is 287 g/mol. The van der Waals surface area contributed by atoms with E-state index >= 15 is 0 Å². The Morgan fingerprint density at radius 1 is 1.10 bits per heavy atom. The fourth-order valence-electron chi connectivity index (χ4n) is 1.72. The zero-order valence-corrected chi connectivity index (χ0v) is 12.0. The van der Waals surface area contributed by atoms with Gasteiger partial charge in [-0.25, -0.2) is 9.59 Å². The van der Waals surface area contributed by atoms with Crippen LogP contribution in [0.25, 0.3) is 0 Å². The van der Waals surface area contributed by atoms with Gasteiger partial charge in [0.1, 0.15) is 6.04 Å². The Bertz CT molecular complexity index is 321. The van der Waals surface area contributed by atoms with Gasteiger partial charge < -0.3 is 21.5 Å². The standard InChI is InChI=1S/C13H25N3O4/c1-2-3-4-5-6-7-8-15-13(20)16-10(12(18)19)9-11(14)17/h10H,2-9H2,1H3,(H2,14,17)(H,18,19)(H2,15,16,20)/t10-/m0/s1. The molecule has 0 spiro atoms. The zero-order chi connectivity index (χ0) is 15.4. The second-order valence-corrected chi connectivity index (χ2v) is 4.73. The quantitative estimate of drug-likeness (QED) is 0.423. The molecule has 3 amide bonds. The van der Waals surface area contributed by atoms with Crippen LogP contribution in [0.5, 0.6) is 0 Å². The summed E-state index contributed by atoms with van der Waals surface area (Å²) in [6, 6.07) is -1.87. The Labute approximate surface area is 119 Å². The molecule has 0 aliphatic rings. The lowest BCUT2D eigenvalue weighted by Crippen LogP contribution is -2.47. The molecule has 7 heteroatoms. The van der Waals surface area contributed by atoms with Crippen molar-refractivity contribution in [2.45, 2.75) is 57.9 Å². The van der Waals surface area contributed by atoms with E-state index in [2.05, 4.69) is 17.6 Å². The van der Waals surface area contributed by atoms with E-state index in [0.29, 0.717) is 6.54 Å². The van der Waals surface area contributed by atoms with E-state index in [0.717, 1.165) is 19.3 Å². The Morgan fingerprint density at radius 2 is 1.70 bits per heavy atom. The van der Waals surface area contributed by atoms with Crippen molar-refractivity contribution < 1.29 is 19.5 Å². The minimum absolute atomic E-state index is 0.417. The Hall–Kier alpha value is -1.79. The van der Waals surface area contributed by atoms with Gasteiger partial charge in [0, 0.05) is 6.54 Å². The van der Waals surface area contributed by atoms with Crippen molar-refractivity contribution in [3.63, 3.8) is 0 Å². The maximum absolute atomic E-state index is 11.4. The van der Waals surface area contributed by atoms with Crippen molar-refractivity contribution in [3.8, 4) is 0 Å². The molecule has 0 aromatic heterocycles. The minimum Gasteiger partial charge on any atom is -0.480 e. The number of hydrogen-bond donors (Lipinski definition) is 4. The number of unbranched alkanes of at least 4 members (excludes halogenated alkanes) is 5. The number of rotatable bonds is 11. The van der Waals surface area contributed by atoms with Crippen molar-refractivity contribution in [2.75, 3.05) is 6.54 Å². The van der Waals surface area contributed by atoms with Crippen LogP contribution in [0.3, 0.4) is 0 Å². The molecule has 0 rings (SSSR count). The van der Waals surface area contributed by atoms with Gasteiger partial charge >= 0.3 is 12.0 Å². The number of carbonyl (C=O) groups is 3. The van der Waals surface area contributed by atoms with Gasteiger partial charge in [0.15, 0.2) is 0 Å². The van der Waals surface area contributed by atoms with Gasteiger partial charge in [0.2, 0.25) is 5.91 Å². The number of aliphatic carboxylic acids is 1. The van der Waals surface area contributed by atoms with Crippen LogP contribution in [0.1, 0.15) is 51.9 Å². The molecule has 0 aliphatic carbocycles. The Balaban J connectivity index is 3.75. The summed E-state index contributed by atoms with van der Waals surface area (Å²) in [5.41, 5.74) is 4.91. The third kappa shape index (κ3) is 10.2. The van der Waals surface area contributed by atoms with Crippen LogP contribution in [-0.2, 0) is 9.59 Å². The highest BCUT2D eigenvalue weighted by Crippen LogP contribution is 2.04. The van der Waals surface area contributed by atoms with Crippen molar-refractivity contribution in [1.82, 2.24) is 10.6 Å². The van der Waals surface area contributed by atoms with E-state index in [4.69, 9.17) is 10.8 Å². The molecule has 20 heavy (non-hydrogen) atoms. The topological polar surface area (TPSA) is 122 Å². The zero-order valence-electron chi connectivity index (χ0n) is 12.0. The molecule has 0 saturated carbocycles. The summed E-state index contributed by atoms with van der Waals surface area (Å²) >= 11 is 0. The molecule has 0 saturated heterocycles. The Morgan fingerprint density at radius 3 is 2.25 bits per heavy atom. The highest BCUT2D eigenvalue weighted by molar-refractivity contribution is 5.87. The number of carbonyl (C=O) groups excluding carboxylic acids is 2. The predicted octanol–water partition coefficient (Wildman–Crippen LogP) is 0.975. The normalized spacial score (nSPS) is 11.7. The highest BCUT2D eigenvalue weighted by atomic mass is 16.4. The van der Waals surface area contributed by atoms with E-state index in [1.54, 1.807) is 0 Å². The van der Waals surface area contributed by atoms with Gasteiger partial charge in [-0.15, -0.1) is 0 Å². The predicted molar refractivity (Wildman–Crippen MR) is 75.1 cm³/mol. The summed E-state index contributed by atoms with van der Waals surface area (Å²) in [5, 5.41) is 13.6. The van der Waals surface area contributed by atoms with Crippen LogP contribution in [0.2, 0.25) is 0 Å². The molecular weight excluding hydrogens is 262 g/mol. The number of carboxylic acid groups (broad SMARTS) is 1. The number of carboxylic acids is 1. The molecule has 0 heterocycles. The lowest BCUT2D eigenvalue weighted by molar-refractivity contribution is -0.140. The van der Waals surface area contributed by atoms with Crippen LogP contribution in [-0.4, -0.2) is 35.6 Å². The van der Waals surface area contributed by atoms with Crippen LogP contribution in [0.15, 0.2) is 0 Å². The van der Waals surface area contributed by atoms with E-state index in [-0.39, 0.29) is 0 Å². The molecule has 0 fully saturated rings. The number of amides is 3. The molecule has 0 bridgehead atoms. The second-order valence-electron chi connectivity index (χ2n) is 4.73. The fraction of sp³-hybridized carbons (Fsp3) is 0.769. The SMILES string of the molecule is CCCCCCCCNC(=O)N[C@@H](CC(N)=O)C(=O)O. The molecule has 5 N–H and O–H groups in total. The van der Waals surface area contributed by atoms with Gasteiger partial charge in [0.25, 0.3) is 0 Å². The van der Waals surface area contributed by atoms with Gasteiger partial charge in [-0.3, -0.25) is 4.79 Å². The molecule has 1 atom stereocenters. The van der Waals surface area contributed by atoms with Gasteiger partial charge in [0.05, 0.1) is 6.42 Å². The van der Waals surface area contributed by atoms with Crippen molar-refractivity contribution in [1.29, 1.82) is 0 Å². The van der Waals surface area contributed by atoms with Gasteiger partial charge in [-0.1, -0.05) is 39.0 Å². The number of nitrogens with one attached hydrogen (secondary N) is 2. The molecule has 7 nitrogen and oxygen atoms in total. The van der Waals surface area contributed by atoms with Crippen molar-refractivity contribution in [3.05, 3.63) is 0 Å². The molecular formula is C13H25N3O4. The maximum Gasteiger partial charge on any atom is 0.326 e. The molecule has 0 aliphatic heterocycles. The summed E-state index contributed by atoms with van der Waals surface area (Å²) in [6.07, 6.45) is 6.21. The van der Waals surface area contributed by atoms with Crippen LogP contribution in [0.4, 0.5) is 4.79 Å². The van der Waals surface area contributed by atoms with Crippen LogP contribution < -0.4 is 16.4 Å². The monoisotopic (exact) mass is 287 g/mol. The van der Waals surface area contributed by atoms with Crippen LogP contribution >= 0.6 is 0 Å². The van der Waals surface area contributed by atoms with Crippen molar-refractivity contribution in [2.24, 2.45) is 5.73 Å². The molecule has 0 aromatic carbocycles. The van der Waals surface area contributed by atoms with Gasteiger partial charge in [-0.2, -0.15) is 0 Å². The summed E-state index contributed by atoms with van der Waals surface area (Å²) in [4.78, 5) is 32.9. The summed E-state index contributed by atoms with van der Waals surface area (Å²) in [6.45, 7) is 2.64. The Kier molecular flexibility index (Phi) is 10.1. The third-order valence-corrected chi connectivity index (χ3v) is 2.82. The lowest BCUT2D eigenvalue weighted by Gasteiger charge is -2.13. The largest absolute Gasteiger partial charge is 0.480 e.